The molecule has 1 saturated heterocycles. The van der Waals surface area contributed by atoms with Gasteiger partial charge in [-0.3, -0.25) is 0 Å². The van der Waals surface area contributed by atoms with Gasteiger partial charge in [0.15, 0.2) is 5.65 Å². The van der Waals surface area contributed by atoms with Crippen LogP contribution in [-0.2, 0) is 6.42 Å². The molecule has 0 radical (unpaired) electrons. The van der Waals surface area contributed by atoms with Gasteiger partial charge in [0.05, 0.1) is 19.9 Å². The molecule has 1 aromatic carbocycles. The fourth-order valence-electron chi connectivity index (χ4n) is 4.81. The fraction of sp³-hybridized carbons (Fsp3) is 0.500. The van der Waals surface area contributed by atoms with Gasteiger partial charge in [0.1, 0.15) is 17.3 Å². The molecule has 4 rings (SSSR count). The van der Waals surface area contributed by atoms with E-state index in [1.165, 1.54) is 17.8 Å². The number of rotatable bonds is 5. The molecule has 3 aromatic rings. The number of aromatic nitrogens is 3. The topological polar surface area (TPSA) is 51.9 Å². The van der Waals surface area contributed by atoms with Crippen molar-refractivity contribution in [2.45, 2.75) is 40.5 Å². The lowest BCUT2D eigenvalue weighted by Crippen LogP contribution is -2.40. The van der Waals surface area contributed by atoms with Crippen molar-refractivity contribution in [2.24, 2.45) is 11.8 Å². The SMILES string of the molecule is CCc1c(C)nc2cc(-c3cc(OC)cc(OC)c3)nn2c1N1C[C@@H](C)C[C@H](C)C1. The van der Waals surface area contributed by atoms with Gasteiger partial charge < -0.3 is 14.4 Å². The quantitative estimate of drug-likeness (QED) is 0.609. The van der Waals surface area contributed by atoms with E-state index in [1.807, 2.05) is 22.7 Å². The lowest BCUT2D eigenvalue weighted by molar-refractivity contribution is 0.353. The van der Waals surface area contributed by atoms with E-state index in [0.29, 0.717) is 11.8 Å². The fourth-order valence-corrected chi connectivity index (χ4v) is 4.81. The Hall–Kier alpha value is -2.76. The van der Waals surface area contributed by atoms with Gasteiger partial charge in [-0.2, -0.15) is 9.61 Å². The number of aryl methyl sites for hydroxylation is 1. The molecule has 1 aliphatic heterocycles. The van der Waals surface area contributed by atoms with E-state index < -0.39 is 0 Å². The van der Waals surface area contributed by atoms with Crippen molar-refractivity contribution in [3.05, 3.63) is 35.5 Å². The number of methoxy groups -OCH3 is 2. The molecule has 1 aliphatic rings. The molecule has 1 fully saturated rings. The Kier molecular flexibility index (Phi) is 5.58. The van der Waals surface area contributed by atoms with Gasteiger partial charge in [-0.25, -0.2) is 4.98 Å². The normalized spacial score (nSPS) is 19.3. The first kappa shape index (κ1) is 20.5. The highest BCUT2D eigenvalue weighted by molar-refractivity contribution is 5.69. The first-order valence-corrected chi connectivity index (χ1v) is 10.8. The summed E-state index contributed by atoms with van der Waals surface area (Å²) in [6.07, 6.45) is 2.21. The molecule has 0 amide bonds. The number of hydrogen-bond donors (Lipinski definition) is 0. The molecule has 0 spiro atoms. The van der Waals surface area contributed by atoms with Crippen LogP contribution in [0.1, 0.15) is 38.4 Å². The van der Waals surface area contributed by atoms with Gasteiger partial charge in [0.2, 0.25) is 0 Å². The minimum absolute atomic E-state index is 0.666. The smallest absolute Gasteiger partial charge is 0.158 e. The van der Waals surface area contributed by atoms with Gasteiger partial charge >= 0.3 is 0 Å². The summed E-state index contributed by atoms with van der Waals surface area (Å²) >= 11 is 0. The minimum atomic E-state index is 0.666. The summed E-state index contributed by atoms with van der Waals surface area (Å²) in [5.74, 6) is 4.02. The van der Waals surface area contributed by atoms with Crippen LogP contribution in [0.15, 0.2) is 24.3 Å². The van der Waals surface area contributed by atoms with Crippen molar-refractivity contribution in [1.82, 2.24) is 14.6 Å². The Balaban J connectivity index is 1.89. The van der Waals surface area contributed by atoms with Gasteiger partial charge in [0, 0.05) is 42.0 Å². The highest BCUT2D eigenvalue weighted by Crippen LogP contribution is 2.34. The monoisotopic (exact) mass is 408 g/mol. The summed E-state index contributed by atoms with van der Waals surface area (Å²) < 4.78 is 12.9. The Labute approximate surface area is 178 Å². The molecule has 6 nitrogen and oxygen atoms in total. The second kappa shape index (κ2) is 8.17. The molecule has 6 heteroatoms. The predicted octanol–water partition coefficient (Wildman–Crippen LogP) is 4.77. The van der Waals surface area contributed by atoms with Crippen LogP contribution in [0.4, 0.5) is 5.82 Å². The maximum absolute atomic E-state index is 5.45. The lowest BCUT2D eigenvalue weighted by atomic mass is 9.91. The van der Waals surface area contributed by atoms with Crippen LogP contribution in [0.5, 0.6) is 11.5 Å². The summed E-state index contributed by atoms with van der Waals surface area (Å²) in [5, 5.41) is 5.01. The zero-order valence-corrected chi connectivity index (χ0v) is 18.9. The highest BCUT2D eigenvalue weighted by atomic mass is 16.5. The van der Waals surface area contributed by atoms with Crippen LogP contribution in [0.2, 0.25) is 0 Å². The lowest BCUT2D eigenvalue weighted by Gasteiger charge is -2.37. The van der Waals surface area contributed by atoms with E-state index >= 15 is 0 Å². The van der Waals surface area contributed by atoms with Gasteiger partial charge in [-0.05, 0) is 43.7 Å². The minimum Gasteiger partial charge on any atom is -0.497 e. The third kappa shape index (κ3) is 3.71. The van der Waals surface area contributed by atoms with Gasteiger partial charge in [0.25, 0.3) is 0 Å². The molecule has 2 aromatic heterocycles. The molecule has 3 heterocycles. The molecule has 0 unspecified atom stereocenters. The summed E-state index contributed by atoms with van der Waals surface area (Å²) in [4.78, 5) is 7.40. The summed E-state index contributed by atoms with van der Waals surface area (Å²) in [6, 6.07) is 7.91. The standard InChI is InChI=1S/C24H32N4O2/c1-7-21-17(4)25-23-12-22(18-9-19(29-5)11-20(10-18)30-6)26-28(23)24(21)27-13-15(2)8-16(3)14-27/h9-12,15-16H,7-8,13-14H2,1-6H3/t15-,16-/m0/s1. The molecular formula is C24H32N4O2. The van der Waals surface area contributed by atoms with Crippen molar-refractivity contribution in [1.29, 1.82) is 0 Å². The third-order valence-electron chi connectivity index (χ3n) is 6.05. The molecular weight excluding hydrogens is 376 g/mol. The second-order valence-electron chi connectivity index (χ2n) is 8.60. The largest absolute Gasteiger partial charge is 0.497 e. The maximum atomic E-state index is 5.45. The first-order valence-electron chi connectivity index (χ1n) is 10.8. The number of ether oxygens (including phenoxy) is 2. The van der Waals surface area contributed by atoms with E-state index in [-0.39, 0.29) is 0 Å². The van der Waals surface area contributed by atoms with Crippen molar-refractivity contribution in [3.63, 3.8) is 0 Å². The summed E-state index contributed by atoms with van der Waals surface area (Å²) in [7, 11) is 3.33. The average Bonchev–Trinajstić information content (AvgIpc) is 3.14. The number of anilines is 1. The second-order valence-corrected chi connectivity index (χ2v) is 8.60. The van der Waals surface area contributed by atoms with Crippen molar-refractivity contribution in [3.8, 4) is 22.8 Å². The summed E-state index contributed by atoms with van der Waals surface area (Å²) in [6.45, 7) is 11.1. The number of nitrogens with zero attached hydrogens (tertiary/aromatic N) is 4. The van der Waals surface area contributed by atoms with Crippen molar-refractivity contribution in [2.75, 3.05) is 32.2 Å². The van der Waals surface area contributed by atoms with E-state index in [4.69, 9.17) is 19.6 Å². The molecule has 0 saturated carbocycles. The van der Waals surface area contributed by atoms with Crippen molar-refractivity contribution < 1.29 is 9.47 Å². The predicted molar refractivity (Wildman–Crippen MR) is 121 cm³/mol. The number of hydrogen-bond acceptors (Lipinski definition) is 5. The Morgan fingerprint density at radius 1 is 1.00 bits per heavy atom. The van der Waals surface area contributed by atoms with Crippen LogP contribution in [0.25, 0.3) is 16.9 Å². The van der Waals surface area contributed by atoms with Crippen LogP contribution in [0.3, 0.4) is 0 Å². The number of fused-ring (bicyclic) bond motifs is 1. The number of benzene rings is 1. The van der Waals surface area contributed by atoms with E-state index in [0.717, 1.165) is 53.6 Å². The highest BCUT2D eigenvalue weighted by Gasteiger charge is 2.27. The Morgan fingerprint density at radius 3 is 2.20 bits per heavy atom. The van der Waals surface area contributed by atoms with E-state index in [1.54, 1.807) is 14.2 Å². The molecule has 0 N–H and O–H groups in total. The van der Waals surface area contributed by atoms with Crippen molar-refractivity contribution >= 4 is 11.5 Å². The van der Waals surface area contributed by atoms with E-state index in [2.05, 4.69) is 38.7 Å². The van der Waals surface area contributed by atoms with Crippen LogP contribution >= 0.6 is 0 Å². The molecule has 0 aliphatic carbocycles. The zero-order chi connectivity index (χ0) is 21.4. The third-order valence-corrected chi connectivity index (χ3v) is 6.05. The Morgan fingerprint density at radius 2 is 1.63 bits per heavy atom. The molecule has 160 valence electrons. The van der Waals surface area contributed by atoms with Gasteiger partial charge in [-0.1, -0.05) is 20.8 Å². The maximum Gasteiger partial charge on any atom is 0.158 e. The zero-order valence-electron chi connectivity index (χ0n) is 18.9. The first-order chi connectivity index (χ1) is 14.4. The van der Waals surface area contributed by atoms with Crippen LogP contribution in [-0.4, -0.2) is 41.9 Å². The Bertz CT molecular complexity index is 1030. The van der Waals surface area contributed by atoms with Crippen LogP contribution < -0.4 is 14.4 Å². The molecule has 0 bridgehead atoms. The molecule has 2 atom stereocenters. The van der Waals surface area contributed by atoms with Crippen LogP contribution in [0, 0.1) is 18.8 Å². The average molecular weight is 409 g/mol. The number of piperidine rings is 1. The summed E-state index contributed by atoms with van der Waals surface area (Å²) in [5.41, 5.74) is 5.06. The van der Waals surface area contributed by atoms with Gasteiger partial charge in [-0.15, -0.1) is 0 Å². The van der Waals surface area contributed by atoms with E-state index in [9.17, 15) is 0 Å². The molecule has 30 heavy (non-hydrogen) atoms.